The number of sulfonamides is 1. The maximum absolute atomic E-state index is 15.3. The molecule has 1 amide bonds. The Morgan fingerprint density at radius 1 is 1.09 bits per heavy atom. The van der Waals surface area contributed by atoms with Crippen molar-refractivity contribution in [2.45, 2.75) is 24.6 Å². The second-order valence-electron chi connectivity index (χ2n) is 12.5. The number of fused-ring (bicyclic) bond motifs is 2. The predicted octanol–water partition coefficient (Wildman–Crippen LogP) is 6.87. The van der Waals surface area contributed by atoms with E-state index >= 15 is 8.78 Å². The molecule has 0 radical (unpaired) electrons. The van der Waals surface area contributed by atoms with Gasteiger partial charge in [-0.05, 0) is 42.3 Å². The minimum atomic E-state index is -5.26. The molecule has 2 aromatic heterocycles. The van der Waals surface area contributed by atoms with Gasteiger partial charge in [-0.2, -0.15) is 27.1 Å². The smallest absolute Gasteiger partial charge is 0.374 e. The number of hydrogen-bond donors (Lipinski definition) is 4. The van der Waals surface area contributed by atoms with Gasteiger partial charge in [-0.25, -0.2) is 22.2 Å². The van der Waals surface area contributed by atoms with E-state index in [0.29, 0.717) is 11.6 Å². The van der Waals surface area contributed by atoms with Crippen molar-refractivity contribution in [3.8, 4) is 11.1 Å². The van der Waals surface area contributed by atoms with Crippen LogP contribution < -0.4 is 15.4 Å². The molecule has 4 N–H and O–H groups in total. The summed E-state index contributed by atoms with van der Waals surface area (Å²) >= 11 is 12.8. The van der Waals surface area contributed by atoms with Crippen molar-refractivity contribution >= 4 is 61.6 Å². The van der Waals surface area contributed by atoms with Crippen molar-refractivity contribution in [1.29, 1.82) is 5.41 Å². The number of carbonyl (C=O) groups excluding carboxylic acids is 1. The number of nitrogens with zero attached hydrogens (tertiary/aromatic N) is 3. The van der Waals surface area contributed by atoms with Crippen molar-refractivity contribution < 1.29 is 43.9 Å². The molecule has 1 fully saturated rings. The number of aryl methyl sites for hydroxylation is 1. The highest BCUT2D eigenvalue weighted by molar-refractivity contribution is 7.92. The maximum Gasteiger partial charge on any atom is 0.433 e. The average Bonchev–Trinajstić information content (AvgIpc) is 3.49. The molecule has 10 nitrogen and oxygen atoms in total. The van der Waals surface area contributed by atoms with E-state index < -0.39 is 81.1 Å². The van der Waals surface area contributed by atoms with Crippen LogP contribution in [0.15, 0.2) is 65.9 Å². The fourth-order valence-corrected chi connectivity index (χ4v) is 7.52. The van der Waals surface area contributed by atoms with E-state index in [1.807, 2.05) is 0 Å². The maximum atomic E-state index is 15.3. The summed E-state index contributed by atoms with van der Waals surface area (Å²) in [6, 6.07) is 7.11. The van der Waals surface area contributed by atoms with Gasteiger partial charge in [0, 0.05) is 35.7 Å². The molecule has 0 saturated heterocycles. The Bertz CT molecular complexity index is 2360. The van der Waals surface area contributed by atoms with E-state index in [1.165, 1.54) is 36.0 Å². The third kappa shape index (κ3) is 7.31. The Labute approximate surface area is 306 Å². The quantitative estimate of drug-likeness (QED) is 0.0565. The summed E-state index contributed by atoms with van der Waals surface area (Å²) < 4.78 is 128. The molecule has 2 aromatic carbocycles. The number of nitrogens with one attached hydrogen (secondary N) is 4. The number of allylic oxidation sites excluding steroid dienone is 3. The first-order valence-corrected chi connectivity index (χ1v) is 18.0. The van der Waals surface area contributed by atoms with Crippen molar-refractivity contribution in [2.75, 3.05) is 17.5 Å². The van der Waals surface area contributed by atoms with Crippen molar-refractivity contribution in [2.24, 2.45) is 18.9 Å². The van der Waals surface area contributed by atoms with Crippen LogP contribution in [0.25, 0.3) is 22.0 Å². The zero-order chi connectivity index (χ0) is 38.9. The lowest BCUT2D eigenvalue weighted by atomic mass is 9.94. The van der Waals surface area contributed by atoms with E-state index in [4.69, 9.17) is 28.6 Å². The van der Waals surface area contributed by atoms with Crippen LogP contribution in [-0.4, -0.2) is 59.7 Å². The van der Waals surface area contributed by atoms with Crippen LogP contribution in [0.4, 0.5) is 36.6 Å². The largest absolute Gasteiger partial charge is 0.433 e. The molecule has 0 spiro atoms. The van der Waals surface area contributed by atoms with Gasteiger partial charge < -0.3 is 10.6 Å². The second kappa shape index (κ2) is 13.3. The number of halogens is 9. The number of aromatic nitrogens is 3. The fraction of sp³-hybridized carbons (Fsp3) is 0.273. The molecule has 1 saturated carbocycles. The number of hydrogen-bond acceptors (Lipinski definition) is 7. The van der Waals surface area contributed by atoms with E-state index in [1.54, 1.807) is 0 Å². The van der Waals surface area contributed by atoms with Crippen LogP contribution in [0, 0.1) is 28.9 Å². The molecule has 0 aliphatic heterocycles. The molecule has 4 aromatic rings. The normalized spacial score (nSPS) is 18.6. The van der Waals surface area contributed by atoms with Gasteiger partial charge in [-0.15, -0.1) is 0 Å². The predicted molar refractivity (Wildman–Crippen MR) is 183 cm³/mol. The van der Waals surface area contributed by atoms with E-state index in [0.717, 1.165) is 18.4 Å². The Kier molecular flexibility index (Phi) is 9.56. The summed E-state index contributed by atoms with van der Waals surface area (Å²) in [6.07, 6.45) is -4.72. The zero-order valence-electron chi connectivity index (χ0n) is 27.3. The van der Waals surface area contributed by atoms with Crippen LogP contribution in [0.2, 0.25) is 10.2 Å². The van der Waals surface area contributed by atoms with Gasteiger partial charge in [0.05, 0.1) is 52.1 Å². The highest BCUT2D eigenvalue weighted by atomic mass is 35.5. The van der Waals surface area contributed by atoms with E-state index in [2.05, 4.69) is 32.0 Å². The van der Waals surface area contributed by atoms with E-state index in [-0.39, 0.29) is 55.7 Å². The minimum absolute atomic E-state index is 0.0134. The number of carbonyl (C=O) groups is 1. The Hall–Kier alpha value is -4.68. The second-order valence-corrected chi connectivity index (χ2v) is 15.0. The molecule has 280 valence electrons. The van der Waals surface area contributed by atoms with E-state index in [9.17, 15) is 35.2 Å². The Morgan fingerprint density at radius 2 is 1.74 bits per heavy atom. The zero-order valence-corrected chi connectivity index (χ0v) is 29.6. The molecular weight excluding hydrogens is 778 g/mol. The summed E-state index contributed by atoms with van der Waals surface area (Å²) in [5, 5.41) is 16.7. The molecule has 2 heterocycles. The fourth-order valence-electron chi connectivity index (χ4n) is 6.63. The molecule has 0 unspecified atom stereocenters. The molecule has 2 aliphatic carbocycles. The highest BCUT2D eigenvalue weighted by Gasteiger charge is 2.70. The lowest BCUT2D eigenvalue weighted by molar-refractivity contribution is -0.121. The average molecular weight is 805 g/mol. The SMILES string of the molecule is C=C1[C@@H]2C(C(=N)C(F)(F)F)=C(NCC(=O)N[C@@H](Cc3cc(F)cc(F)c3)c3nc(Cl)ccc3-c3ccc(Cl)c4c(NS(C)(=O)=O)nn(C)c34)C(F)(F)[C@H]12. The number of benzene rings is 2. The Balaban J connectivity index is 1.42. The lowest BCUT2D eigenvalue weighted by Gasteiger charge is -2.24. The summed E-state index contributed by atoms with van der Waals surface area (Å²) in [4.78, 5) is 17.9. The van der Waals surface area contributed by atoms with Gasteiger partial charge in [0.15, 0.2) is 5.82 Å². The first-order chi connectivity index (χ1) is 24.6. The third-order valence-corrected chi connectivity index (χ3v) is 9.82. The molecular formula is C33H26Cl2F7N7O3S. The summed E-state index contributed by atoms with van der Waals surface area (Å²) in [6.45, 7) is 2.39. The standard InChI is InChI=1S/C33H26Cl2F7N7O3S/c1-13-23-25(29(43)33(40,41)42)30(32(38,39)26(13)23)44-12-22(50)45-20(10-14-8-15(36)11-16(37)9-14)27-17(5-7-21(35)46-27)18-4-6-19(34)24-28(18)49(2)47-31(24)48-53(3,51)52/h4-9,11,20,23,26,43-44H,1,10,12H2,2-3H3,(H,45,50)(H,47,48)/t20-,23+,26+/m0/s1. The van der Waals surface area contributed by atoms with Gasteiger partial charge in [0.2, 0.25) is 15.9 Å². The molecule has 20 heteroatoms. The number of alkyl halides is 5. The van der Waals surface area contributed by atoms with Crippen LogP contribution in [0.1, 0.15) is 17.3 Å². The van der Waals surface area contributed by atoms with Crippen molar-refractivity contribution in [1.82, 2.24) is 25.4 Å². The lowest BCUT2D eigenvalue weighted by Crippen LogP contribution is -2.41. The van der Waals surface area contributed by atoms with Crippen LogP contribution in [-0.2, 0) is 28.3 Å². The summed E-state index contributed by atoms with van der Waals surface area (Å²) in [7, 11) is -2.32. The van der Waals surface area contributed by atoms with Gasteiger partial charge >= 0.3 is 6.18 Å². The number of amides is 1. The van der Waals surface area contributed by atoms with Gasteiger partial charge in [-0.1, -0.05) is 41.4 Å². The van der Waals surface area contributed by atoms with Gasteiger partial charge in [0.25, 0.3) is 5.92 Å². The minimum Gasteiger partial charge on any atom is -0.374 e. The Morgan fingerprint density at radius 3 is 2.36 bits per heavy atom. The molecule has 53 heavy (non-hydrogen) atoms. The van der Waals surface area contributed by atoms with Crippen LogP contribution >= 0.6 is 23.2 Å². The molecule has 0 bridgehead atoms. The monoisotopic (exact) mass is 803 g/mol. The molecule has 2 aliphatic rings. The first kappa shape index (κ1) is 38.1. The van der Waals surface area contributed by atoms with Crippen molar-refractivity contribution in [3.63, 3.8) is 0 Å². The number of rotatable bonds is 11. The first-order valence-electron chi connectivity index (χ1n) is 15.3. The van der Waals surface area contributed by atoms with Crippen molar-refractivity contribution in [3.05, 3.63) is 99.0 Å². The third-order valence-electron chi connectivity index (χ3n) is 8.73. The van der Waals surface area contributed by atoms with Gasteiger partial charge in [-0.3, -0.25) is 19.6 Å². The number of pyridine rings is 1. The van der Waals surface area contributed by atoms with Gasteiger partial charge in [0.1, 0.15) is 22.5 Å². The van der Waals surface area contributed by atoms with Crippen LogP contribution in [0.5, 0.6) is 0 Å². The van der Waals surface area contributed by atoms with Crippen LogP contribution in [0.3, 0.4) is 0 Å². The molecule has 3 atom stereocenters. The number of anilines is 1. The summed E-state index contributed by atoms with van der Waals surface area (Å²) in [5.41, 5.74) is -3.56. The molecule has 6 rings (SSSR count). The summed E-state index contributed by atoms with van der Waals surface area (Å²) in [5.74, 6) is -10.1. The highest BCUT2D eigenvalue weighted by Crippen LogP contribution is 2.66. The topological polar surface area (TPSA) is 142 Å².